The summed E-state index contributed by atoms with van der Waals surface area (Å²) in [5.74, 6) is 0. The molecule has 0 atom stereocenters. The average Bonchev–Trinajstić information content (AvgIpc) is 2.22. The fraction of sp³-hybridized carbons (Fsp3) is 0.562. The molecule has 0 unspecified atom stereocenters. The summed E-state index contributed by atoms with van der Waals surface area (Å²) in [4.78, 5) is 2.05. The van der Waals surface area contributed by atoms with Crippen molar-refractivity contribution in [3.05, 3.63) is 34.4 Å². The van der Waals surface area contributed by atoms with Crippen LogP contribution in [0.4, 0.5) is 0 Å². The zero-order valence-electron chi connectivity index (χ0n) is 12.5. The molecule has 98 valence electrons. The minimum absolute atomic E-state index is 0.187. The van der Waals surface area contributed by atoms with E-state index in [0.29, 0.717) is 6.54 Å². The molecule has 0 amide bonds. The van der Waals surface area contributed by atoms with Gasteiger partial charge in [-0.2, -0.15) is 5.26 Å². The van der Waals surface area contributed by atoms with E-state index >= 15 is 0 Å². The van der Waals surface area contributed by atoms with Crippen molar-refractivity contribution in [3.8, 4) is 6.07 Å². The van der Waals surface area contributed by atoms with Crippen LogP contribution in [0.25, 0.3) is 0 Å². The summed E-state index contributed by atoms with van der Waals surface area (Å²) in [7, 11) is 1.99. The Labute approximate surface area is 111 Å². The van der Waals surface area contributed by atoms with Crippen LogP contribution in [0, 0.1) is 25.2 Å². The lowest BCUT2D eigenvalue weighted by atomic mass is 9.84. The molecule has 0 aliphatic rings. The Bertz CT molecular complexity index is 438. The van der Waals surface area contributed by atoms with Gasteiger partial charge in [-0.25, -0.2) is 0 Å². The first-order valence-corrected chi connectivity index (χ1v) is 6.42. The molecule has 0 heterocycles. The van der Waals surface area contributed by atoms with Gasteiger partial charge in [0, 0.05) is 6.54 Å². The quantitative estimate of drug-likeness (QED) is 0.760. The van der Waals surface area contributed by atoms with Crippen molar-refractivity contribution in [2.24, 2.45) is 0 Å². The topological polar surface area (TPSA) is 27.0 Å². The van der Waals surface area contributed by atoms with Gasteiger partial charge < -0.3 is 0 Å². The van der Waals surface area contributed by atoms with Crippen molar-refractivity contribution in [3.63, 3.8) is 0 Å². The lowest BCUT2D eigenvalue weighted by Crippen LogP contribution is -2.20. The highest BCUT2D eigenvalue weighted by Gasteiger charge is 2.16. The van der Waals surface area contributed by atoms with Gasteiger partial charge in [0.15, 0.2) is 0 Å². The molecule has 0 bridgehead atoms. The van der Waals surface area contributed by atoms with Crippen LogP contribution in [-0.2, 0) is 12.0 Å². The Hall–Kier alpha value is -1.33. The molecule has 1 aromatic carbocycles. The van der Waals surface area contributed by atoms with Gasteiger partial charge in [-0.05, 0) is 48.6 Å². The van der Waals surface area contributed by atoms with Gasteiger partial charge in [-0.15, -0.1) is 0 Å². The third-order valence-corrected chi connectivity index (χ3v) is 3.33. The number of hydrogen-bond donors (Lipinski definition) is 0. The second kappa shape index (κ2) is 5.54. The normalized spacial score (nSPS) is 11.7. The third kappa shape index (κ3) is 3.58. The van der Waals surface area contributed by atoms with E-state index in [-0.39, 0.29) is 5.41 Å². The molecule has 18 heavy (non-hydrogen) atoms. The molecule has 0 aliphatic heterocycles. The number of aryl methyl sites for hydroxylation is 2. The van der Waals surface area contributed by atoms with Crippen molar-refractivity contribution in [2.45, 2.75) is 46.6 Å². The number of nitriles is 1. The maximum absolute atomic E-state index is 8.71. The molecule has 1 rings (SSSR count). The van der Waals surface area contributed by atoms with Crippen LogP contribution in [0.2, 0.25) is 0 Å². The molecule has 0 radical (unpaired) electrons. The van der Waals surface area contributed by atoms with Crippen molar-refractivity contribution in [1.82, 2.24) is 4.90 Å². The van der Waals surface area contributed by atoms with E-state index in [9.17, 15) is 0 Å². The number of nitrogens with zero attached hydrogens (tertiary/aromatic N) is 2. The molecule has 0 saturated heterocycles. The monoisotopic (exact) mass is 244 g/mol. The summed E-state index contributed by atoms with van der Waals surface area (Å²) >= 11 is 0. The summed E-state index contributed by atoms with van der Waals surface area (Å²) in [6.45, 7) is 12.4. The molecular formula is C16H24N2. The first kappa shape index (κ1) is 14.7. The Morgan fingerprint density at radius 1 is 1.17 bits per heavy atom. The van der Waals surface area contributed by atoms with Crippen LogP contribution in [0.3, 0.4) is 0 Å². The van der Waals surface area contributed by atoms with E-state index in [1.165, 1.54) is 22.3 Å². The van der Waals surface area contributed by atoms with Gasteiger partial charge >= 0.3 is 0 Å². The van der Waals surface area contributed by atoms with Gasteiger partial charge in [0.1, 0.15) is 0 Å². The van der Waals surface area contributed by atoms with Crippen LogP contribution in [0.15, 0.2) is 12.1 Å². The van der Waals surface area contributed by atoms with E-state index in [1.54, 1.807) is 0 Å². The molecular weight excluding hydrogens is 220 g/mol. The van der Waals surface area contributed by atoms with E-state index in [0.717, 1.165) is 6.54 Å². The molecule has 0 spiro atoms. The lowest BCUT2D eigenvalue weighted by molar-refractivity contribution is 0.365. The summed E-state index contributed by atoms with van der Waals surface area (Å²) in [5.41, 5.74) is 5.56. The Kier molecular flexibility index (Phi) is 4.53. The van der Waals surface area contributed by atoms with Crippen LogP contribution in [0.1, 0.15) is 43.0 Å². The van der Waals surface area contributed by atoms with E-state index < -0.39 is 0 Å². The van der Waals surface area contributed by atoms with E-state index in [4.69, 9.17) is 5.26 Å². The molecule has 1 aromatic rings. The van der Waals surface area contributed by atoms with Crippen molar-refractivity contribution >= 4 is 0 Å². The fourth-order valence-electron chi connectivity index (χ4n) is 2.12. The van der Waals surface area contributed by atoms with Crippen LogP contribution in [0.5, 0.6) is 0 Å². The molecule has 0 fully saturated rings. The van der Waals surface area contributed by atoms with Gasteiger partial charge in [-0.1, -0.05) is 32.9 Å². The Morgan fingerprint density at radius 2 is 1.67 bits per heavy atom. The van der Waals surface area contributed by atoms with Crippen LogP contribution >= 0.6 is 0 Å². The smallest absolute Gasteiger partial charge is 0.0866 e. The maximum atomic E-state index is 8.71. The molecule has 0 saturated carbocycles. The lowest BCUT2D eigenvalue weighted by Gasteiger charge is -2.23. The molecule has 2 nitrogen and oxygen atoms in total. The van der Waals surface area contributed by atoms with Crippen molar-refractivity contribution in [1.29, 1.82) is 5.26 Å². The minimum Gasteiger partial charge on any atom is -0.289 e. The van der Waals surface area contributed by atoms with Gasteiger partial charge in [0.05, 0.1) is 12.6 Å². The zero-order valence-corrected chi connectivity index (χ0v) is 12.5. The second-order valence-electron chi connectivity index (χ2n) is 6.17. The third-order valence-electron chi connectivity index (χ3n) is 3.33. The number of benzene rings is 1. The average molecular weight is 244 g/mol. The Balaban J connectivity index is 3.06. The maximum Gasteiger partial charge on any atom is 0.0866 e. The summed E-state index contributed by atoms with van der Waals surface area (Å²) < 4.78 is 0. The van der Waals surface area contributed by atoms with Gasteiger partial charge in [0.2, 0.25) is 0 Å². The highest BCUT2D eigenvalue weighted by molar-refractivity contribution is 5.40. The molecule has 0 aliphatic carbocycles. The standard InChI is InChI=1S/C16H24N2/c1-12-9-14(16(3,4)5)10-13(2)15(12)11-18(6)8-7-17/h9-10H,8,11H2,1-6H3. The minimum atomic E-state index is 0.187. The largest absolute Gasteiger partial charge is 0.289 e. The van der Waals surface area contributed by atoms with Gasteiger partial charge in [0.25, 0.3) is 0 Å². The van der Waals surface area contributed by atoms with E-state index in [1.807, 2.05) is 11.9 Å². The summed E-state index contributed by atoms with van der Waals surface area (Å²) in [6, 6.07) is 6.75. The van der Waals surface area contributed by atoms with Gasteiger partial charge in [-0.3, -0.25) is 4.90 Å². The number of hydrogen-bond acceptors (Lipinski definition) is 2. The molecule has 0 aromatic heterocycles. The summed E-state index contributed by atoms with van der Waals surface area (Å²) in [6.07, 6.45) is 0. The first-order valence-electron chi connectivity index (χ1n) is 6.42. The summed E-state index contributed by atoms with van der Waals surface area (Å²) in [5, 5.41) is 8.71. The highest BCUT2D eigenvalue weighted by Crippen LogP contribution is 2.27. The first-order chi connectivity index (χ1) is 8.25. The highest BCUT2D eigenvalue weighted by atomic mass is 15.1. The predicted octanol–water partition coefficient (Wildman–Crippen LogP) is 3.56. The van der Waals surface area contributed by atoms with Crippen molar-refractivity contribution in [2.75, 3.05) is 13.6 Å². The van der Waals surface area contributed by atoms with Crippen molar-refractivity contribution < 1.29 is 0 Å². The van der Waals surface area contributed by atoms with Crippen LogP contribution in [-0.4, -0.2) is 18.5 Å². The fourth-order valence-corrected chi connectivity index (χ4v) is 2.12. The molecule has 0 N–H and O–H groups in total. The number of rotatable bonds is 3. The predicted molar refractivity (Wildman–Crippen MR) is 76.6 cm³/mol. The molecule has 2 heteroatoms. The second-order valence-corrected chi connectivity index (χ2v) is 6.17. The van der Waals surface area contributed by atoms with Crippen LogP contribution < -0.4 is 0 Å². The Morgan fingerprint density at radius 3 is 2.06 bits per heavy atom. The van der Waals surface area contributed by atoms with E-state index in [2.05, 4.69) is 52.8 Å². The zero-order chi connectivity index (χ0) is 13.9. The SMILES string of the molecule is Cc1cc(C(C)(C)C)cc(C)c1CN(C)CC#N.